The van der Waals surface area contributed by atoms with Crippen LogP contribution in [0.3, 0.4) is 0 Å². The molecule has 134 valence electrons. The number of nitrogens with zero attached hydrogens (tertiary/aromatic N) is 3. The molecular formula is C13H9F5N4O3. The maximum absolute atomic E-state index is 13.6. The lowest BCUT2D eigenvalue weighted by Gasteiger charge is -2.13. The zero-order valence-electron chi connectivity index (χ0n) is 12.6. The number of aryl methyl sites for hydroxylation is 1. The van der Waals surface area contributed by atoms with Crippen molar-refractivity contribution < 1.29 is 31.7 Å². The van der Waals surface area contributed by atoms with E-state index in [4.69, 9.17) is 0 Å². The zero-order chi connectivity index (χ0) is 19.0. The first-order valence-electron chi connectivity index (χ1n) is 6.59. The number of carbonyl (C=O) groups excluding carboxylic acids is 1. The highest BCUT2D eigenvalue weighted by molar-refractivity contribution is 5.93. The molecule has 0 aliphatic carbocycles. The van der Waals surface area contributed by atoms with E-state index in [-0.39, 0.29) is 5.69 Å². The van der Waals surface area contributed by atoms with Crippen LogP contribution in [0.4, 0.5) is 33.5 Å². The summed E-state index contributed by atoms with van der Waals surface area (Å²) in [6.07, 6.45) is 0. The minimum Gasteiger partial charge on any atom is -0.358 e. The highest BCUT2D eigenvalue weighted by Gasteiger charge is 2.30. The lowest BCUT2D eigenvalue weighted by Crippen LogP contribution is -2.26. The van der Waals surface area contributed by atoms with Crippen molar-refractivity contribution in [1.82, 2.24) is 9.78 Å². The lowest BCUT2D eigenvalue weighted by atomic mass is 10.2. The summed E-state index contributed by atoms with van der Waals surface area (Å²) >= 11 is 0. The molecule has 2 aromatic rings. The van der Waals surface area contributed by atoms with Crippen LogP contribution in [0.5, 0.6) is 0 Å². The van der Waals surface area contributed by atoms with Crippen LogP contribution in [0.25, 0.3) is 0 Å². The first-order chi connectivity index (χ1) is 11.6. The summed E-state index contributed by atoms with van der Waals surface area (Å²) in [6, 6.07) is -0.286. The molecule has 1 atom stereocenters. The van der Waals surface area contributed by atoms with Gasteiger partial charge in [0.05, 0.1) is 16.9 Å². The number of carbonyl (C=O) groups is 1. The summed E-state index contributed by atoms with van der Waals surface area (Å²) in [4.78, 5) is 21.9. The molecule has 1 aromatic carbocycles. The van der Waals surface area contributed by atoms with Gasteiger partial charge < -0.3 is 15.4 Å². The topological polar surface area (TPSA) is 90.1 Å². The maximum Gasteiger partial charge on any atom is 0.390 e. The molecule has 2 rings (SSSR count). The van der Waals surface area contributed by atoms with Crippen molar-refractivity contribution in [2.45, 2.75) is 19.9 Å². The minimum absolute atomic E-state index is 0.173. The van der Waals surface area contributed by atoms with Crippen molar-refractivity contribution in [1.29, 1.82) is 0 Å². The number of nitro groups is 1. The third-order valence-corrected chi connectivity index (χ3v) is 3.30. The van der Waals surface area contributed by atoms with Gasteiger partial charge in [0, 0.05) is 0 Å². The highest BCUT2D eigenvalue weighted by Crippen LogP contribution is 2.28. The maximum atomic E-state index is 13.6. The summed E-state index contributed by atoms with van der Waals surface area (Å²) in [6.45, 7) is 2.55. The van der Waals surface area contributed by atoms with Crippen LogP contribution in [0.1, 0.15) is 18.7 Å². The van der Waals surface area contributed by atoms with Gasteiger partial charge in [-0.3, -0.25) is 4.79 Å². The Hall–Kier alpha value is -3.05. The Labute approximate surface area is 136 Å². The average molecular weight is 364 g/mol. The van der Waals surface area contributed by atoms with Crippen LogP contribution in [0.15, 0.2) is 6.07 Å². The van der Waals surface area contributed by atoms with E-state index >= 15 is 0 Å². The van der Waals surface area contributed by atoms with E-state index in [9.17, 15) is 36.9 Å². The fourth-order valence-corrected chi connectivity index (χ4v) is 2.01. The van der Waals surface area contributed by atoms with E-state index in [1.165, 1.54) is 13.8 Å². The monoisotopic (exact) mass is 364 g/mol. The SMILES string of the molecule is Cc1cc([N+](=O)[O-])nn1C(C)C(=O)Nc1c(F)c(F)c(F)c(F)c1F. The Morgan fingerprint density at radius 1 is 1.16 bits per heavy atom. The van der Waals surface area contributed by atoms with Gasteiger partial charge in [-0.15, -0.1) is 0 Å². The normalized spacial score (nSPS) is 12.1. The smallest absolute Gasteiger partial charge is 0.358 e. The second-order valence-corrected chi connectivity index (χ2v) is 4.96. The molecule has 7 nitrogen and oxygen atoms in total. The fourth-order valence-electron chi connectivity index (χ4n) is 2.01. The number of hydrogen-bond acceptors (Lipinski definition) is 4. The fraction of sp³-hybridized carbons (Fsp3) is 0.231. The summed E-state index contributed by atoms with van der Waals surface area (Å²) in [5, 5.41) is 15.8. The third kappa shape index (κ3) is 3.14. The van der Waals surface area contributed by atoms with Gasteiger partial charge in [0.1, 0.15) is 11.7 Å². The van der Waals surface area contributed by atoms with Crippen molar-refractivity contribution in [2.24, 2.45) is 0 Å². The Morgan fingerprint density at radius 3 is 2.08 bits per heavy atom. The van der Waals surface area contributed by atoms with Crippen LogP contribution in [0.2, 0.25) is 0 Å². The summed E-state index contributed by atoms with van der Waals surface area (Å²) in [5.74, 6) is -13.0. The number of halogens is 5. The summed E-state index contributed by atoms with van der Waals surface area (Å²) in [5.41, 5.74) is -1.35. The molecule has 0 radical (unpaired) electrons. The first-order valence-corrected chi connectivity index (χ1v) is 6.59. The molecular weight excluding hydrogens is 355 g/mol. The van der Waals surface area contributed by atoms with Gasteiger partial charge in [0.15, 0.2) is 23.3 Å². The Bertz CT molecular complexity index is 854. The Kier molecular flexibility index (Phi) is 4.72. The number of hydrogen-bond donors (Lipinski definition) is 1. The van der Waals surface area contributed by atoms with E-state index in [0.717, 1.165) is 10.7 Å². The van der Waals surface area contributed by atoms with E-state index in [1.54, 1.807) is 5.32 Å². The van der Waals surface area contributed by atoms with Crippen molar-refractivity contribution in [2.75, 3.05) is 5.32 Å². The van der Waals surface area contributed by atoms with Gasteiger partial charge >= 0.3 is 5.82 Å². The highest BCUT2D eigenvalue weighted by atomic mass is 19.2. The summed E-state index contributed by atoms with van der Waals surface area (Å²) < 4.78 is 67.2. The van der Waals surface area contributed by atoms with E-state index < -0.39 is 57.5 Å². The third-order valence-electron chi connectivity index (χ3n) is 3.30. The summed E-state index contributed by atoms with van der Waals surface area (Å²) in [7, 11) is 0. The van der Waals surface area contributed by atoms with E-state index in [0.29, 0.717) is 0 Å². The van der Waals surface area contributed by atoms with E-state index in [2.05, 4.69) is 5.10 Å². The molecule has 0 saturated carbocycles. The van der Waals surface area contributed by atoms with Gasteiger partial charge in [0.2, 0.25) is 5.82 Å². The van der Waals surface area contributed by atoms with Crippen molar-refractivity contribution in [3.05, 3.63) is 51.0 Å². The molecule has 0 saturated heterocycles. The molecule has 0 spiro atoms. The lowest BCUT2D eigenvalue weighted by molar-refractivity contribution is -0.389. The number of anilines is 1. The van der Waals surface area contributed by atoms with Gasteiger partial charge in [-0.05, 0) is 18.8 Å². The average Bonchev–Trinajstić information content (AvgIpc) is 2.96. The number of benzene rings is 1. The van der Waals surface area contributed by atoms with Crippen LogP contribution in [-0.4, -0.2) is 20.6 Å². The number of aromatic nitrogens is 2. The molecule has 0 bridgehead atoms. The molecule has 0 aliphatic heterocycles. The Morgan fingerprint density at radius 2 is 1.64 bits per heavy atom. The molecule has 0 fully saturated rings. The second kappa shape index (κ2) is 6.45. The van der Waals surface area contributed by atoms with Crippen molar-refractivity contribution in [3.63, 3.8) is 0 Å². The van der Waals surface area contributed by atoms with Crippen molar-refractivity contribution >= 4 is 17.4 Å². The largest absolute Gasteiger partial charge is 0.390 e. The zero-order valence-corrected chi connectivity index (χ0v) is 12.6. The molecule has 1 amide bonds. The molecule has 0 aliphatic rings. The van der Waals surface area contributed by atoms with Gasteiger partial charge in [-0.25, -0.2) is 22.0 Å². The van der Waals surface area contributed by atoms with Crippen molar-refractivity contribution in [3.8, 4) is 0 Å². The number of amides is 1. The number of nitrogens with one attached hydrogen (secondary N) is 1. The molecule has 1 N–H and O–H groups in total. The van der Waals surface area contributed by atoms with Gasteiger partial charge in [-0.1, -0.05) is 0 Å². The second-order valence-electron chi connectivity index (χ2n) is 4.96. The van der Waals surface area contributed by atoms with E-state index in [1.807, 2.05) is 0 Å². The molecule has 1 heterocycles. The van der Waals surface area contributed by atoms with Crippen LogP contribution in [-0.2, 0) is 4.79 Å². The molecule has 1 aromatic heterocycles. The molecule has 12 heteroatoms. The Balaban J connectivity index is 2.36. The van der Waals surface area contributed by atoms with Crippen LogP contribution < -0.4 is 5.32 Å². The van der Waals surface area contributed by atoms with Crippen LogP contribution >= 0.6 is 0 Å². The van der Waals surface area contributed by atoms with Gasteiger partial charge in [0.25, 0.3) is 5.91 Å². The molecule has 1 unspecified atom stereocenters. The standard InChI is InChI=1S/C13H9F5N4O3/c1-4-3-6(22(24)25)20-21(4)5(2)13(23)19-12-10(17)8(15)7(14)9(16)11(12)18/h3,5H,1-2H3,(H,19,23). The van der Waals surface area contributed by atoms with Crippen LogP contribution in [0, 0.1) is 46.1 Å². The minimum atomic E-state index is -2.36. The predicted octanol–water partition coefficient (Wildman–Crippen LogP) is 2.99. The van der Waals surface area contributed by atoms with Gasteiger partial charge in [-0.2, -0.15) is 4.68 Å². The number of rotatable bonds is 4. The predicted molar refractivity (Wildman–Crippen MR) is 73.2 cm³/mol. The quantitative estimate of drug-likeness (QED) is 0.297. The first kappa shape index (κ1) is 18.3. The molecule has 25 heavy (non-hydrogen) atoms.